The monoisotopic (exact) mass is 514 g/mol. The summed E-state index contributed by atoms with van der Waals surface area (Å²) in [6.45, 7) is 10.3. The topological polar surface area (TPSA) is 82.0 Å². The largest absolute Gasteiger partial charge is 0.493 e. The number of carbonyl (C=O) groups excluding carboxylic acids is 2. The molecule has 0 fully saturated rings. The van der Waals surface area contributed by atoms with Gasteiger partial charge in [-0.25, -0.2) is 4.79 Å². The lowest BCUT2D eigenvalue weighted by molar-refractivity contribution is -0.117. The quantitative estimate of drug-likeness (QED) is 0.295. The van der Waals surface area contributed by atoms with E-state index in [0.717, 1.165) is 45.9 Å². The van der Waals surface area contributed by atoms with Crippen molar-refractivity contribution in [2.45, 2.75) is 53.2 Å². The smallest absolute Gasteiger partial charge is 0.360 e. The number of thiophene rings is 1. The number of ether oxygens (including phenoxy) is 3. The number of nitrogens with one attached hydrogen (secondary N) is 1. The number of aryl methyl sites for hydroxylation is 1. The van der Waals surface area contributed by atoms with Gasteiger partial charge in [-0.1, -0.05) is 13.8 Å². The van der Waals surface area contributed by atoms with E-state index < -0.39 is 10.5 Å². The first kappa shape index (κ1) is 26.0. The Bertz CT molecular complexity index is 1270. The van der Waals surface area contributed by atoms with Crippen molar-refractivity contribution in [3.8, 4) is 16.4 Å². The predicted molar refractivity (Wildman–Crippen MR) is 144 cm³/mol. The third-order valence-corrected chi connectivity index (χ3v) is 9.14. The van der Waals surface area contributed by atoms with E-state index in [-0.39, 0.29) is 17.8 Å². The van der Waals surface area contributed by atoms with E-state index in [0.29, 0.717) is 30.5 Å². The fraction of sp³-hybridized carbons (Fsp3) is 0.481. The Kier molecular flexibility index (Phi) is 7.90. The van der Waals surface area contributed by atoms with Gasteiger partial charge in [-0.2, -0.15) is 0 Å². The number of carbonyl (C=O) groups is 2. The molecule has 2 aromatic heterocycles. The first-order chi connectivity index (χ1) is 17.4. The van der Waals surface area contributed by atoms with Crippen LogP contribution < -0.4 is 14.8 Å². The summed E-state index contributed by atoms with van der Waals surface area (Å²) in [5.74, 6) is 1.05. The van der Waals surface area contributed by atoms with Crippen LogP contribution in [0, 0.1) is 0 Å². The van der Waals surface area contributed by atoms with E-state index in [1.54, 1.807) is 21.1 Å². The first-order valence-corrected chi connectivity index (χ1v) is 13.7. The molecule has 36 heavy (non-hydrogen) atoms. The number of hydrogen-bond donors (Lipinski definition) is 1. The van der Waals surface area contributed by atoms with E-state index in [1.807, 2.05) is 29.7 Å². The fourth-order valence-corrected chi connectivity index (χ4v) is 7.48. The minimum Gasteiger partial charge on any atom is -0.493 e. The highest BCUT2D eigenvalue weighted by molar-refractivity contribution is 7.48. The average Bonchev–Trinajstić information content (AvgIpc) is 3.40. The lowest BCUT2D eigenvalue weighted by Gasteiger charge is -2.21. The van der Waals surface area contributed by atoms with Gasteiger partial charge >= 0.3 is 5.97 Å². The van der Waals surface area contributed by atoms with Gasteiger partial charge < -0.3 is 24.1 Å². The molecule has 1 aliphatic rings. The zero-order valence-electron chi connectivity index (χ0n) is 22.0. The summed E-state index contributed by atoms with van der Waals surface area (Å²) in [6.07, 6.45) is 3.60. The SMILES string of the molecule is CCOC(=O)c1c2c(cn1CN(CC)CC)c1c([s+]2-c2ccc(OC)c(OC)c2)NC(C(C)=O)CC1. The number of nitrogens with zero attached hydrogens (tertiary/aromatic N) is 2. The maximum atomic E-state index is 13.4. The van der Waals surface area contributed by atoms with Crippen LogP contribution in [0.4, 0.5) is 5.00 Å². The molecule has 0 radical (unpaired) electrons. The summed E-state index contributed by atoms with van der Waals surface area (Å²) in [4.78, 5) is 29.0. The Morgan fingerprint density at radius 1 is 1.14 bits per heavy atom. The second kappa shape index (κ2) is 10.9. The van der Waals surface area contributed by atoms with Gasteiger partial charge in [0.2, 0.25) is 4.70 Å². The molecule has 0 saturated heterocycles. The molecule has 0 bridgehead atoms. The average molecular weight is 515 g/mol. The van der Waals surface area contributed by atoms with Gasteiger partial charge in [-0.05, 0) is 45.8 Å². The third kappa shape index (κ3) is 4.57. The number of hydrogen-bond acceptors (Lipinski definition) is 7. The Labute approximate surface area is 215 Å². The van der Waals surface area contributed by atoms with Gasteiger partial charge in [0.15, 0.2) is 27.9 Å². The Morgan fingerprint density at radius 2 is 1.86 bits per heavy atom. The Morgan fingerprint density at radius 3 is 2.47 bits per heavy atom. The van der Waals surface area contributed by atoms with Crippen LogP contribution in [0.5, 0.6) is 11.5 Å². The predicted octanol–water partition coefficient (Wildman–Crippen LogP) is 5.19. The zero-order chi connectivity index (χ0) is 26.0. The van der Waals surface area contributed by atoms with Crippen LogP contribution in [0.1, 0.15) is 50.2 Å². The molecule has 8 nitrogen and oxygen atoms in total. The summed E-state index contributed by atoms with van der Waals surface area (Å²) < 4.78 is 19.6. The molecule has 9 heteroatoms. The molecule has 1 aliphatic heterocycles. The molecule has 0 aliphatic carbocycles. The van der Waals surface area contributed by atoms with E-state index in [9.17, 15) is 9.59 Å². The van der Waals surface area contributed by atoms with E-state index in [2.05, 4.69) is 30.3 Å². The first-order valence-electron chi connectivity index (χ1n) is 12.5. The maximum absolute atomic E-state index is 13.4. The van der Waals surface area contributed by atoms with Gasteiger partial charge in [-0.15, -0.1) is 0 Å². The molecule has 4 rings (SSSR count). The van der Waals surface area contributed by atoms with Crippen molar-refractivity contribution >= 4 is 37.3 Å². The maximum Gasteiger partial charge on any atom is 0.360 e. The molecular weight excluding hydrogens is 478 g/mol. The number of benzene rings is 1. The van der Waals surface area contributed by atoms with E-state index >= 15 is 0 Å². The third-order valence-electron chi connectivity index (χ3n) is 6.82. The molecule has 3 heterocycles. The molecule has 194 valence electrons. The number of esters is 1. The number of methoxy groups -OCH3 is 2. The molecule has 1 aromatic carbocycles. The second-order valence-electron chi connectivity index (χ2n) is 8.83. The van der Waals surface area contributed by atoms with Crippen LogP contribution in [0.2, 0.25) is 0 Å². The summed E-state index contributed by atoms with van der Waals surface area (Å²) >= 11 is 0. The highest BCUT2D eigenvalue weighted by Gasteiger charge is 2.40. The van der Waals surface area contributed by atoms with Crippen LogP contribution >= 0.6 is 10.5 Å². The Balaban J connectivity index is 2.04. The minimum absolute atomic E-state index is 0.117. The fourth-order valence-electron chi connectivity index (χ4n) is 4.86. The van der Waals surface area contributed by atoms with Crippen LogP contribution in [-0.4, -0.2) is 61.2 Å². The van der Waals surface area contributed by atoms with Gasteiger partial charge in [0.1, 0.15) is 0 Å². The summed E-state index contributed by atoms with van der Waals surface area (Å²) in [5.41, 5.74) is 1.75. The summed E-state index contributed by atoms with van der Waals surface area (Å²) in [7, 11) is 2.59. The van der Waals surface area contributed by atoms with Crippen LogP contribution in [0.3, 0.4) is 0 Å². The summed E-state index contributed by atoms with van der Waals surface area (Å²) in [6, 6.07) is 5.63. The van der Waals surface area contributed by atoms with Gasteiger partial charge in [0, 0.05) is 23.9 Å². The van der Waals surface area contributed by atoms with Gasteiger partial charge in [-0.3, -0.25) is 9.69 Å². The molecular formula is C27H36N3O5S+. The van der Waals surface area contributed by atoms with Crippen molar-refractivity contribution < 1.29 is 23.8 Å². The van der Waals surface area contributed by atoms with Crippen molar-refractivity contribution in [2.24, 2.45) is 0 Å². The molecule has 1 N–H and O–H groups in total. The molecule has 0 spiro atoms. The number of Topliss-reactive ketones (excluding diaryl/α,β-unsaturated/α-hetero) is 1. The molecule has 0 saturated carbocycles. The van der Waals surface area contributed by atoms with Crippen LogP contribution in [0.15, 0.2) is 24.4 Å². The number of rotatable bonds is 10. The molecule has 3 aromatic rings. The Hall–Kier alpha value is -3.04. The van der Waals surface area contributed by atoms with Crippen molar-refractivity contribution in [2.75, 3.05) is 39.2 Å². The number of aromatic nitrogens is 1. The minimum atomic E-state index is -0.635. The van der Waals surface area contributed by atoms with Crippen molar-refractivity contribution in [3.63, 3.8) is 0 Å². The van der Waals surface area contributed by atoms with Crippen molar-refractivity contribution in [3.05, 3.63) is 35.7 Å². The lowest BCUT2D eigenvalue weighted by atomic mass is 9.99. The van der Waals surface area contributed by atoms with Gasteiger partial charge in [0.25, 0.3) is 5.00 Å². The highest BCUT2D eigenvalue weighted by Crippen LogP contribution is 2.55. The number of anilines is 1. The molecule has 0 amide bonds. The molecule has 2 atom stereocenters. The molecule has 2 unspecified atom stereocenters. The number of fused-ring (bicyclic) bond motifs is 3. The normalized spacial score (nSPS) is 15.5. The highest BCUT2D eigenvalue weighted by atomic mass is 32.2. The van der Waals surface area contributed by atoms with E-state index in [1.165, 1.54) is 5.56 Å². The number of ketones is 1. The second-order valence-corrected chi connectivity index (χ2v) is 10.7. The standard InChI is InChI=1S/C27H36N3O5S/c1-7-29(8-2)16-30-15-20-19-11-12-21(17(4)31)28-26(19)36(25(20)24(30)27(32)35-9-3)18-10-13-22(33-5)23(14-18)34-6/h10,13-15,21,28H,7-9,11-12,16H2,1-6H3/q+1. The van der Waals surface area contributed by atoms with Crippen molar-refractivity contribution in [1.29, 1.82) is 0 Å². The van der Waals surface area contributed by atoms with Crippen LogP contribution in [0.25, 0.3) is 15.0 Å². The van der Waals surface area contributed by atoms with Crippen LogP contribution in [-0.2, 0) is 22.6 Å². The zero-order valence-corrected chi connectivity index (χ0v) is 22.8. The summed E-state index contributed by atoms with van der Waals surface area (Å²) in [5, 5.41) is 5.62. The van der Waals surface area contributed by atoms with E-state index in [4.69, 9.17) is 14.2 Å². The van der Waals surface area contributed by atoms with Gasteiger partial charge in [0.05, 0.1) is 49.4 Å². The lowest BCUT2D eigenvalue weighted by Crippen LogP contribution is -2.31. The van der Waals surface area contributed by atoms with Crippen molar-refractivity contribution in [1.82, 2.24) is 9.47 Å².